The van der Waals surface area contributed by atoms with Crippen LogP contribution in [0.4, 0.5) is 0 Å². The highest BCUT2D eigenvalue weighted by molar-refractivity contribution is 4.99. The van der Waals surface area contributed by atoms with Gasteiger partial charge in [0.2, 0.25) is 0 Å². The molecule has 0 saturated carbocycles. The first kappa shape index (κ1) is 9.04. The molecule has 0 spiro atoms. The van der Waals surface area contributed by atoms with E-state index in [1.807, 2.05) is 6.07 Å². The second-order valence-electron chi connectivity index (χ2n) is 3.35. The maximum atomic E-state index is 10.8. The molecule has 0 aliphatic heterocycles. The van der Waals surface area contributed by atoms with Gasteiger partial charge in [-0.2, -0.15) is 0 Å². The van der Waals surface area contributed by atoms with Gasteiger partial charge in [0, 0.05) is 12.5 Å². The van der Waals surface area contributed by atoms with Gasteiger partial charge in [-0.1, -0.05) is 19.9 Å². The van der Waals surface area contributed by atoms with E-state index < -0.39 is 0 Å². The topological polar surface area (TPSA) is 30.2 Å². The van der Waals surface area contributed by atoms with Crippen molar-refractivity contribution < 1.29 is 4.42 Å². The van der Waals surface area contributed by atoms with Gasteiger partial charge in [0.05, 0.1) is 0 Å². The van der Waals surface area contributed by atoms with Gasteiger partial charge in [-0.3, -0.25) is 0 Å². The van der Waals surface area contributed by atoms with Crippen molar-refractivity contribution in [2.24, 2.45) is 5.92 Å². The summed E-state index contributed by atoms with van der Waals surface area (Å²) in [6, 6.07) is 5.02. The van der Waals surface area contributed by atoms with Gasteiger partial charge >= 0.3 is 5.63 Å². The average molecular weight is 166 g/mol. The van der Waals surface area contributed by atoms with Crippen molar-refractivity contribution in [3.8, 4) is 0 Å². The summed E-state index contributed by atoms with van der Waals surface area (Å²) in [6.45, 7) is 4.31. The monoisotopic (exact) mass is 166 g/mol. The third-order valence-corrected chi connectivity index (χ3v) is 1.71. The molecular formula is C10H14O2. The van der Waals surface area contributed by atoms with Crippen LogP contribution >= 0.6 is 0 Å². The molecule has 0 atom stereocenters. The molecule has 0 saturated heterocycles. The standard InChI is InChI=1S/C10H14O2/c1-8(2)6-7-9-4-3-5-10(11)12-9/h3-5,8H,6-7H2,1-2H3. The summed E-state index contributed by atoms with van der Waals surface area (Å²) < 4.78 is 4.97. The fourth-order valence-electron chi connectivity index (χ4n) is 0.997. The van der Waals surface area contributed by atoms with Crippen molar-refractivity contribution in [1.29, 1.82) is 0 Å². The van der Waals surface area contributed by atoms with Crippen LogP contribution in [0.3, 0.4) is 0 Å². The number of rotatable bonds is 3. The second kappa shape index (κ2) is 4.10. The van der Waals surface area contributed by atoms with Crippen LogP contribution in [-0.2, 0) is 6.42 Å². The summed E-state index contributed by atoms with van der Waals surface area (Å²) in [7, 11) is 0. The zero-order valence-electron chi connectivity index (χ0n) is 7.54. The van der Waals surface area contributed by atoms with E-state index in [0.29, 0.717) is 5.92 Å². The van der Waals surface area contributed by atoms with Gasteiger partial charge in [-0.15, -0.1) is 0 Å². The molecule has 0 N–H and O–H groups in total. The third-order valence-electron chi connectivity index (χ3n) is 1.71. The highest BCUT2D eigenvalue weighted by Crippen LogP contribution is 2.06. The molecule has 1 aromatic rings. The smallest absolute Gasteiger partial charge is 0.335 e. The molecule has 0 aliphatic rings. The molecule has 2 nitrogen and oxygen atoms in total. The SMILES string of the molecule is CC(C)CCc1cccc(=O)o1. The van der Waals surface area contributed by atoms with Crippen LogP contribution in [0.15, 0.2) is 27.4 Å². The average Bonchev–Trinajstić information content (AvgIpc) is 2.01. The molecule has 1 rings (SSSR count). The molecule has 1 aromatic heterocycles. The van der Waals surface area contributed by atoms with E-state index in [1.54, 1.807) is 6.07 Å². The van der Waals surface area contributed by atoms with Gasteiger partial charge in [0.1, 0.15) is 5.76 Å². The van der Waals surface area contributed by atoms with Crippen molar-refractivity contribution in [2.45, 2.75) is 26.7 Å². The minimum Gasteiger partial charge on any atom is -0.428 e. The van der Waals surface area contributed by atoms with Crippen molar-refractivity contribution in [1.82, 2.24) is 0 Å². The van der Waals surface area contributed by atoms with Crippen molar-refractivity contribution in [3.05, 3.63) is 34.4 Å². The number of aryl methyl sites for hydroxylation is 1. The van der Waals surface area contributed by atoms with E-state index in [4.69, 9.17) is 4.42 Å². The van der Waals surface area contributed by atoms with E-state index in [0.717, 1.165) is 18.6 Å². The van der Waals surface area contributed by atoms with E-state index in [1.165, 1.54) is 6.07 Å². The molecule has 0 bridgehead atoms. The van der Waals surface area contributed by atoms with E-state index >= 15 is 0 Å². The first-order chi connectivity index (χ1) is 5.68. The van der Waals surface area contributed by atoms with E-state index in [2.05, 4.69) is 13.8 Å². The van der Waals surface area contributed by atoms with Crippen LogP contribution in [0.1, 0.15) is 26.0 Å². The normalized spacial score (nSPS) is 10.6. The molecule has 0 amide bonds. The summed E-state index contributed by atoms with van der Waals surface area (Å²) in [5.74, 6) is 1.44. The largest absolute Gasteiger partial charge is 0.428 e. The Bertz CT molecular complexity index is 286. The minimum absolute atomic E-state index is 0.253. The van der Waals surface area contributed by atoms with Gasteiger partial charge in [0.15, 0.2) is 0 Å². The van der Waals surface area contributed by atoms with Crippen molar-refractivity contribution >= 4 is 0 Å². The van der Waals surface area contributed by atoms with Crippen molar-refractivity contribution in [2.75, 3.05) is 0 Å². The van der Waals surface area contributed by atoms with Crippen molar-refractivity contribution in [3.63, 3.8) is 0 Å². The lowest BCUT2D eigenvalue weighted by Gasteiger charge is -2.01. The Balaban J connectivity index is 2.58. The van der Waals surface area contributed by atoms with E-state index in [9.17, 15) is 4.79 Å². The molecule has 0 unspecified atom stereocenters. The molecule has 0 aromatic carbocycles. The first-order valence-corrected chi connectivity index (χ1v) is 4.27. The Labute approximate surface area is 72.2 Å². The molecule has 2 heteroatoms. The summed E-state index contributed by atoms with van der Waals surface area (Å²) in [5.41, 5.74) is -0.253. The summed E-state index contributed by atoms with van der Waals surface area (Å²) in [4.78, 5) is 10.8. The van der Waals surface area contributed by atoms with Crippen LogP contribution in [0.2, 0.25) is 0 Å². The highest BCUT2D eigenvalue weighted by atomic mass is 16.4. The van der Waals surface area contributed by atoms with Gasteiger partial charge < -0.3 is 4.42 Å². The van der Waals surface area contributed by atoms with Crippen LogP contribution in [0.5, 0.6) is 0 Å². The highest BCUT2D eigenvalue weighted by Gasteiger charge is 1.98. The molecule has 66 valence electrons. The molecule has 12 heavy (non-hydrogen) atoms. The van der Waals surface area contributed by atoms with Crippen LogP contribution in [0, 0.1) is 5.92 Å². The van der Waals surface area contributed by atoms with Gasteiger partial charge in [-0.25, -0.2) is 4.79 Å². The molecule has 1 heterocycles. The van der Waals surface area contributed by atoms with Crippen LogP contribution in [-0.4, -0.2) is 0 Å². The fourth-order valence-corrected chi connectivity index (χ4v) is 0.997. The first-order valence-electron chi connectivity index (χ1n) is 4.27. The Morgan fingerprint density at radius 3 is 2.75 bits per heavy atom. The lowest BCUT2D eigenvalue weighted by Crippen LogP contribution is -1.99. The Hall–Kier alpha value is -1.05. The number of hydrogen-bond acceptors (Lipinski definition) is 2. The zero-order chi connectivity index (χ0) is 8.97. The molecular weight excluding hydrogens is 152 g/mol. The summed E-state index contributed by atoms with van der Waals surface area (Å²) in [6.07, 6.45) is 1.92. The Morgan fingerprint density at radius 2 is 2.17 bits per heavy atom. The predicted molar refractivity (Wildman–Crippen MR) is 48.1 cm³/mol. The summed E-state index contributed by atoms with van der Waals surface area (Å²) >= 11 is 0. The van der Waals surface area contributed by atoms with Crippen LogP contribution < -0.4 is 5.63 Å². The van der Waals surface area contributed by atoms with Gasteiger partial charge in [-0.05, 0) is 18.4 Å². The van der Waals surface area contributed by atoms with Crippen LogP contribution in [0.25, 0.3) is 0 Å². The molecule has 0 fully saturated rings. The van der Waals surface area contributed by atoms with E-state index in [-0.39, 0.29) is 5.63 Å². The second-order valence-corrected chi connectivity index (χ2v) is 3.35. The number of hydrogen-bond donors (Lipinski definition) is 0. The minimum atomic E-state index is -0.253. The summed E-state index contributed by atoms with van der Waals surface area (Å²) in [5, 5.41) is 0. The maximum Gasteiger partial charge on any atom is 0.335 e. The molecule has 0 radical (unpaired) electrons. The Kier molecular flexibility index (Phi) is 3.09. The fraction of sp³-hybridized carbons (Fsp3) is 0.500. The molecule has 0 aliphatic carbocycles. The quantitative estimate of drug-likeness (QED) is 0.689. The van der Waals surface area contributed by atoms with Gasteiger partial charge in [0.25, 0.3) is 0 Å². The lowest BCUT2D eigenvalue weighted by molar-refractivity contribution is 0.437. The Morgan fingerprint density at radius 1 is 1.42 bits per heavy atom. The zero-order valence-corrected chi connectivity index (χ0v) is 7.54. The maximum absolute atomic E-state index is 10.8. The third kappa shape index (κ3) is 2.91. The lowest BCUT2D eigenvalue weighted by atomic mass is 10.1. The predicted octanol–water partition coefficient (Wildman–Crippen LogP) is 2.23.